The van der Waals surface area contributed by atoms with E-state index in [2.05, 4.69) is 39.7 Å². The van der Waals surface area contributed by atoms with Crippen LogP contribution in [0.2, 0.25) is 0 Å². The molecular formula is C12H19BrN2O. The largest absolute Gasteiger partial charge is 0.395 e. The number of aromatic nitrogens is 1. The Balaban J connectivity index is 2.87. The summed E-state index contributed by atoms with van der Waals surface area (Å²) in [5.74, 6) is 0.936. The number of halogens is 1. The zero-order valence-corrected chi connectivity index (χ0v) is 11.4. The molecule has 1 rings (SSSR count). The van der Waals surface area contributed by atoms with Gasteiger partial charge in [0.05, 0.1) is 6.61 Å². The molecule has 16 heavy (non-hydrogen) atoms. The summed E-state index contributed by atoms with van der Waals surface area (Å²) in [4.78, 5) is 6.56. The number of aliphatic hydroxyl groups excluding tert-OH is 1. The second-order valence-electron chi connectivity index (χ2n) is 3.72. The molecule has 0 fully saturated rings. The molecule has 0 bridgehead atoms. The van der Waals surface area contributed by atoms with Gasteiger partial charge >= 0.3 is 0 Å². The molecule has 1 heterocycles. The van der Waals surface area contributed by atoms with Crippen molar-refractivity contribution < 1.29 is 5.11 Å². The zero-order chi connectivity index (χ0) is 12.0. The summed E-state index contributed by atoms with van der Waals surface area (Å²) in [5, 5.41) is 9.11. The standard InChI is InChI=1S/C12H19BrN2O/c1-3-11(4-2)15(7-8-16)12-6-5-10(13)9-14-12/h5-6,9,11,16H,3-4,7-8H2,1-2H3. The maximum absolute atomic E-state index is 9.11. The van der Waals surface area contributed by atoms with E-state index in [4.69, 9.17) is 5.11 Å². The number of rotatable bonds is 6. The Morgan fingerprint density at radius 1 is 1.38 bits per heavy atom. The van der Waals surface area contributed by atoms with Crippen LogP contribution >= 0.6 is 15.9 Å². The highest BCUT2D eigenvalue weighted by atomic mass is 79.9. The predicted octanol–water partition coefficient (Wildman–Crippen LogP) is 2.83. The summed E-state index contributed by atoms with van der Waals surface area (Å²) in [6, 6.07) is 4.41. The van der Waals surface area contributed by atoms with Crippen molar-refractivity contribution in [1.29, 1.82) is 0 Å². The molecule has 1 aromatic rings. The molecule has 90 valence electrons. The summed E-state index contributed by atoms with van der Waals surface area (Å²) in [6.07, 6.45) is 3.92. The molecule has 0 saturated heterocycles. The van der Waals surface area contributed by atoms with Gasteiger partial charge in [0, 0.05) is 23.3 Å². The normalized spacial score (nSPS) is 10.8. The van der Waals surface area contributed by atoms with Crippen LogP contribution in [0, 0.1) is 0 Å². The van der Waals surface area contributed by atoms with Gasteiger partial charge < -0.3 is 10.0 Å². The van der Waals surface area contributed by atoms with Gasteiger partial charge in [-0.15, -0.1) is 0 Å². The predicted molar refractivity (Wildman–Crippen MR) is 70.7 cm³/mol. The van der Waals surface area contributed by atoms with Gasteiger partial charge in [0.15, 0.2) is 0 Å². The minimum absolute atomic E-state index is 0.161. The number of aliphatic hydroxyl groups is 1. The van der Waals surface area contributed by atoms with Gasteiger partial charge in [-0.25, -0.2) is 4.98 Å². The Morgan fingerprint density at radius 3 is 2.50 bits per heavy atom. The fourth-order valence-electron chi connectivity index (χ4n) is 1.86. The van der Waals surface area contributed by atoms with Crippen LogP contribution in [-0.2, 0) is 0 Å². The summed E-state index contributed by atoms with van der Waals surface area (Å²) in [7, 11) is 0. The van der Waals surface area contributed by atoms with E-state index in [1.807, 2.05) is 12.1 Å². The minimum Gasteiger partial charge on any atom is -0.395 e. The SMILES string of the molecule is CCC(CC)N(CCO)c1ccc(Br)cn1. The quantitative estimate of drug-likeness (QED) is 0.874. The molecule has 0 unspecified atom stereocenters. The van der Waals surface area contributed by atoms with Crippen LogP contribution in [0.25, 0.3) is 0 Å². The number of nitrogens with zero attached hydrogens (tertiary/aromatic N) is 2. The van der Waals surface area contributed by atoms with Crippen LogP contribution in [0.15, 0.2) is 22.8 Å². The smallest absolute Gasteiger partial charge is 0.128 e. The molecule has 0 saturated carbocycles. The molecule has 1 aromatic heterocycles. The van der Waals surface area contributed by atoms with Gasteiger partial charge in [-0.1, -0.05) is 13.8 Å². The Labute approximate surface area is 106 Å². The average Bonchev–Trinajstić information content (AvgIpc) is 2.31. The van der Waals surface area contributed by atoms with E-state index in [9.17, 15) is 0 Å². The van der Waals surface area contributed by atoms with Gasteiger partial charge in [0.25, 0.3) is 0 Å². The first-order valence-electron chi connectivity index (χ1n) is 5.72. The summed E-state index contributed by atoms with van der Waals surface area (Å²) < 4.78 is 0.977. The van der Waals surface area contributed by atoms with Crippen molar-refractivity contribution in [3.05, 3.63) is 22.8 Å². The second kappa shape index (κ2) is 6.86. The molecule has 4 heteroatoms. The lowest BCUT2D eigenvalue weighted by Gasteiger charge is -2.31. The monoisotopic (exact) mass is 286 g/mol. The summed E-state index contributed by atoms with van der Waals surface area (Å²) >= 11 is 3.37. The van der Waals surface area contributed by atoms with Gasteiger partial charge in [-0.2, -0.15) is 0 Å². The molecule has 0 aliphatic heterocycles. The van der Waals surface area contributed by atoms with E-state index < -0.39 is 0 Å². The molecule has 3 nitrogen and oxygen atoms in total. The maximum Gasteiger partial charge on any atom is 0.128 e. The van der Waals surface area contributed by atoms with Gasteiger partial charge in [-0.3, -0.25) is 0 Å². The van der Waals surface area contributed by atoms with Crippen LogP contribution in [0.5, 0.6) is 0 Å². The van der Waals surface area contributed by atoms with Crippen molar-refractivity contribution in [2.45, 2.75) is 32.7 Å². The lowest BCUT2D eigenvalue weighted by atomic mass is 10.1. The first kappa shape index (κ1) is 13.5. The van der Waals surface area contributed by atoms with Gasteiger partial charge in [0.2, 0.25) is 0 Å². The third kappa shape index (κ3) is 3.46. The van der Waals surface area contributed by atoms with Crippen LogP contribution in [0.3, 0.4) is 0 Å². The molecule has 0 aliphatic rings. The maximum atomic E-state index is 9.11. The zero-order valence-electron chi connectivity index (χ0n) is 9.86. The third-order valence-electron chi connectivity index (χ3n) is 2.73. The van der Waals surface area contributed by atoms with E-state index in [0.29, 0.717) is 12.6 Å². The Hall–Kier alpha value is -0.610. The molecule has 0 aromatic carbocycles. The fraction of sp³-hybridized carbons (Fsp3) is 0.583. The van der Waals surface area contributed by atoms with Crippen LogP contribution in [-0.4, -0.2) is 29.3 Å². The fourth-order valence-corrected chi connectivity index (χ4v) is 2.09. The lowest BCUT2D eigenvalue weighted by molar-refractivity contribution is 0.295. The molecule has 0 spiro atoms. The Bertz CT molecular complexity index is 298. The highest BCUT2D eigenvalue weighted by Gasteiger charge is 2.15. The minimum atomic E-state index is 0.161. The summed E-state index contributed by atoms with van der Waals surface area (Å²) in [5.41, 5.74) is 0. The lowest BCUT2D eigenvalue weighted by Crippen LogP contribution is -2.37. The van der Waals surface area contributed by atoms with E-state index in [0.717, 1.165) is 23.1 Å². The average molecular weight is 287 g/mol. The van der Waals surface area contributed by atoms with Crippen molar-refractivity contribution in [2.24, 2.45) is 0 Å². The molecule has 0 atom stereocenters. The number of pyridine rings is 1. The highest BCUT2D eigenvalue weighted by Crippen LogP contribution is 2.19. The topological polar surface area (TPSA) is 36.4 Å². The Morgan fingerprint density at radius 2 is 2.06 bits per heavy atom. The van der Waals surface area contributed by atoms with Gasteiger partial charge in [0.1, 0.15) is 5.82 Å². The van der Waals surface area contributed by atoms with Crippen LogP contribution in [0.4, 0.5) is 5.82 Å². The summed E-state index contributed by atoms with van der Waals surface area (Å²) in [6.45, 7) is 5.13. The molecule has 0 radical (unpaired) electrons. The number of hydrogen-bond acceptors (Lipinski definition) is 3. The number of anilines is 1. The van der Waals surface area contributed by atoms with E-state index in [-0.39, 0.29) is 6.61 Å². The van der Waals surface area contributed by atoms with Gasteiger partial charge in [-0.05, 0) is 40.9 Å². The highest BCUT2D eigenvalue weighted by molar-refractivity contribution is 9.10. The van der Waals surface area contributed by atoms with Crippen molar-refractivity contribution in [3.63, 3.8) is 0 Å². The second-order valence-corrected chi connectivity index (χ2v) is 4.64. The van der Waals surface area contributed by atoms with Crippen LogP contribution < -0.4 is 4.90 Å². The van der Waals surface area contributed by atoms with E-state index in [1.54, 1.807) is 6.20 Å². The van der Waals surface area contributed by atoms with Crippen LogP contribution in [0.1, 0.15) is 26.7 Å². The van der Waals surface area contributed by atoms with Crippen molar-refractivity contribution in [2.75, 3.05) is 18.1 Å². The molecular weight excluding hydrogens is 268 g/mol. The molecule has 1 N–H and O–H groups in total. The number of hydrogen-bond donors (Lipinski definition) is 1. The Kier molecular flexibility index (Phi) is 5.77. The molecule has 0 amide bonds. The van der Waals surface area contributed by atoms with Crippen molar-refractivity contribution in [1.82, 2.24) is 4.98 Å². The third-order valence-corrected chi connectivity index (χ3v) is 3.20. The van der Waals surface area contributed by atoms with E-state index >= 15 is 0 Å². The van der Waals surface area contributed by atoms with E-state index in [1.165, 1.54) is 0 Å². The first-order chi connectivity index (χ1) is 7.72. The van der Waals surface area contributed by atoms with Crippen molar-refractivity contribution in [3.8, 4) is 0 Å². The van der Waals surface area contributed by atoms with Crippen molar-refractivity contribution >= 4 is 21.7 Å². The first-order valence-corrected chi connectivity index (χ1v) is 6.51. The molecule has 0 aliphatic carbocycles.